The van der Waals surface area contributed by atoms with Gasteiger partial charge >= 0.3 is 0 Å². The summed E-state index contributed by atoms with van der Waals surface area (Å²) in [6.07, 6.45) is 5.62. The van der Waals surface area contributed by atoms with Crippen LogP contribution in [0.3, 0.4) is 0 Å². The molecule has 2 heteroatoms. The van der Waals surface area contributed by atoms with Gasteiger partial charge in [-0.05, 0) is 43.9 Å². The Balaban J connectivity index is 1.83. The van der Waals surface area contributed by atoms with E-state index in [0.717, 1.165) is 11.7 Å². The molecule has 1 aromatic rings. The molecule has 1 unspecified atom stereocenters. The van der Waals surface area contributed by atoms with E-state index in [1.165, 1.54) is 31.2 Å². The monoisotopic (exact) mass is 247 g/mol. The van der Waals surface area contributed by atoms with Crippen LogP contribution in [0.1, 0.15) is 51.1 Å². The molecule has 1 N–H and O–H groups in total. The number of methoxy groups -OCH3 is 1. The average molecular weight is 247 g/mol. The number of nitrogens with one attached hydrogen (secondary N) is 1. The van der Waals surface area contributed by atoms with Crippen molar-refractivity contribution in [3.63, 3.8) is 0 Å². The highest BCUT2D eigenvalue weighted by Gasteiger charge is 2.20. The third kappa shape index (κ3) is 3.49. The predicted octanol–water partition coefficient (Wildman–Crippen LogP) is 3.92. The first-order valence-electron chi connectivity index (χ1n) is 7.09. The lowest BCUT2D eigenvalue weighted by atomic mass is 9.81. The van der Waals surface area contributed by atoms with Gasteiger partial charge in [0, 0.05) is 12.1 Å². The van der Waals surface area contributed by atoms with Gasteiger partial charge in [-0.3, -0.25) is 0 Å². The predicted molar refractivity (Wildman–Crippen MR) is 76.0 cm³/mol. The summed E-state index contributed by atoms with van der Waals surface area (Å²) in [5.41, 5.74) is 1.33. The Morgan fingerprint density at radius 1 is 1.22 bits per heavy atom. The average Bonchev–Trinajstić information content (AvgIpc) is 2.34. The maximum atomic E-state index is 5.18. The topological polar surface area (TPSA) is 21.3 Å². The van der Waals surface area contributed by atoms with E-state index in [9.17, 15) is 0 Å². The van der Waals surface area contributed by atoms with Gasteiger partial charge in [0.25, 0.3) is 0 Å². The second kappa shape index (κ2) is 6.24. The van der Waals surface area contributed by atoms with E-state index >= 15 is 0 Å². The van der Waals surface area contributed by atoms with Crippen molar-refractivity contribution in [2.24, 2.45) is 5.92 Å². The number of hydrogen-bond acceptors (Lipinski definition) is 2. The molecule has 2 nitrogen and oxygen atoms in total. The smallest absolute Gasteiger partial charge is 0.118 e. The highest BCUT2D eigenvalue weighted by atomic mass is 16.5. The minimum absolute atomic E-state index is 0.408. The second-order valence-electron chi connectivity index (χ2n) is 5.60. The summed E-state index contributed by atoms with van der Waals surface area (Å²) in [7, 11) is 1.71. The zero-order valence-corrected chi connectivity index (χ0v) is 11.8. The number of rotatable bonds is 6. The van der Waals surface area contributed by atoms with Gasteiger partial charge in [0.05, 0.1) is 7.11 Å². The van der Waals surface area contributed by atoms with Crippen molar-refractivity contribution in [2.45, 2.75) is 51.6 Å². The summed E-state index contributed by atoms with van der Waals surface area (Å²) < 4.78 is 5.18. The SMILES string of the molecule is COc1ccc([C@@H](C)NC(C)CC2CCC2)cc1. The van der Waals surface area contributed by atoms with E-state index in [4.69, 9.17) is 4.74 Å². The van der Waals surface area contributed by atoms with Crippen LogP contribution in [0.25, 0.3) is 0 Å². The first kappa shape index (κ1) is 13.4. The zero-order valence-electron chi connectivity index (χ0n) is 11.8. The van der Waals surface area contributed by atoms with Crippen LogP contribution in [0.4, 0.5) is 0 Å². The first-order chi connectivity index (χ1) is 8.69. The largest absolute Gasteiger partial charge is 0.497 e. The van der Waals surface area contributed by atoms with Crippen LogP contribution in [-0.2, 0) is 0 Å². The van der Waals surface area contributed by atoms with Crippen molar-refractivity contribution in [2.75, 3.05) is 7.11 Å². The fourth-order valence-corrected chi connectivity index (χ4v) is 2.71. The minimum Gasteiger partial charge on any atom is -0.497 e. The molecule has 1 aromatic carbocycles. The zero-order chi connectivity index (χ0) is 13.0. The lowest BCUT2D eigenvalue weighted by Crippen LogP contribution is -2.32. The molecule has 2 atom stereocenters. The van der Waals surface area contributed by atoms with Crippen molar-refractivity contribution in [3.8, 4) is 5.75 Å². The van der Waals surface area contributed by atoms with Crippen LogP contribution >= 0.6 is 0 Å². The van der Waals surface area contributed by atoms with Crippen molar-refractivity contribution in [1.29, 1.82) is 0 Å². The summed E-state index contributed by atoms with van der Waals surface area (Å²) in [5.74, 6) is 1.89. The molecule has 0 spiro atoms. The Bertz CT molecular complexity index is 356. The normalized spacial score (nSPS) is 19.1. The number of hydrogen-bond donors (Lipinski definition) is 1. The molecule has 1 aliphatic rings. The van der Waals surface area contributed by atoms with Gasteiger partial charge in [-0.15, -0.1) is 0 Å². The number of ether oxygens (including phenoxy) is 1. The molecule has 1 saturated carbocycles. The molecular weight excluding hydrogens is 222 g/mol. The second-order valence-corrected chi connectivity index (χ2v) is 5.60. The Hall–Kier alpha value is -1.02. The summed E-state index contributed by atoms with van der Waals surface area (Å²) in [4.78, 5) is 0. The van der Waals surface area contributed by atoms with Crippen molar-refractivity contribution >= 4 is 0 Å². The first-order valence-corrected chi connectivity index (χ1v) is 7.09. The van der Waals surface area contributed by atoms with Crippen LogP contribution in [-0.4, -0.2) is 13.2 Å². The highest BCUT2D eigenvalue weighted by Crippen LogP contribution is 2.30. The molecule has 0 aliphatic heterocycles. The Morgan fingerprint density at radius 3 is 2.39 bits per heavy atom. The molecule has 0 saturated heterocycles. The summed E-state index contributed by atoms with van der Waals surface area (Å²) in [6.45, 7) is 4.54. The molecule has 1 fully saturated rings. The highest BCUT2D eigenvalue weighted by molar-refractivity contribution is 5.28. The van der Waals surface area contributed by atoms with Crippen molar-refractivity contribution in [1.82, 2.24) is 5.32 Å². The van der Waals surface area contributed by atoms with E-state index in [2.05, 4.69) is 31.3 Å². The third-order valence-corrected chi connectivity index (χ3v) is 4.06. The molecule has 100 valence electrons. The van der Waals surface area contributed by atoms with Gasteiger partial charge in [-0.25, -0.2) is 0 Å². The molecule has 0 heterocycles. The van der Waals surface area contributed by atoms with Crippen LogP contribution in [0, 0.1) is 5.92 Å². The van der Waals surface area contributed by atoms with Crippen LogP contribution in [0.2, 0.25) is 0 Å². The van der Waals surface area contributed by atoms with Gasteiger partial charge in [-0.2, -0.15) is 0 Å². The molecular formula is C16H25NO. The van der Waals surface area contributed by atoms with E-state index in [1.807, 2.05) is 12.1 Å². The lowest BCUT2D eigenvalue weighted by Gasteiger charge is -2.30. The van der Waals surface area contributed by atoms with E-state index < -0.39 is 0 Å². The number of benzene rings is 1. The van der Waals surface area contributed by atoms with Crippen molar-refractivity contribution in [3.05, 3.63) is 29.8 Å². The van der Waals surface area contributed by atoms with Crippen LogP contribution < -0.4 is 10.1 Å². The van der Waals surface area contributed by atoms with E-state index in [-0.39, 0.29) is 0 Å². The van der Waals surface area contributed by atoms with Gasteiger partial charge in [-0.1, -0.05) is 31.4 Å². The van der Waals surface area contributed by atoms with Crippen molar-refractivity contribution < 1.29 is 4.74 Å². The van der Waals surface area contributed by atoms with Gasteiger partial charge in [0.2, 0.25) is 0 Å². The van der Waals surface area contributed by atoms with Crippen LogP contribution in [0.15, 0.2) is 24.3 Å². The molecule has 0 radical (unpaired) electrons. The Labute approximate surface area is 111 Å². The Kier molecular flexibility index (Phi) is 4.65. The van der Waals surface area contributed by atoms with Gasteiger partial charge in [0.1, 0.15) is 5.75 Å². The lowest BCUT2D eigenvalue weighted by molar-refractivity contribution is 0.259. The fraction of sp³-hybridized carbons (Fsp3) is 0.625. The maximum absolute atomic E-state index is 5.18. The summed E-state index contributed by atoms with van der Waals surface area (Å²) >= 11 is 0. The molecule has 1 aliphatic carbocycles. The summed E-state index contributed by atoms with van der Waals surface area (Å²) in [5, 5.41) is 3.69. The summed E-state index contributed by atoms with van der Waals surface area (Å²) in [6, 6.07) is 9.37. The van der Waals surface area contributed by atoms with Gasteiger partial charge in [0.15, 0.2) is 0 Å². The van der Waals surface area contributed by atoms with E-state index in [0.29, 0.717) is 12.1 Å². The quantitative estimate of drug-likeness (QED) is 0.822. The minimum atomic E-state index is 0.408. The van der Waals surface area contributed by atoms with E-state index in [1.54, 1.807) is 7.11 Å². The maximum Gasteiger partial charge on any atom is 0.118 e. The standard InChI is InChI=1S/C16H25NO/c1-12(11-14-5-4-6-14)17-13(2)15-7-9-16(18-3)10-8-15/h7-10,12-14,17H,4-6,11H2,1-3H3/t12?,13-/m1/s1. The molecule has 2 rings (SSSR count). The Morgan fingerprint density at radius 2 is 1.89 bits per heavy atom. The molecule has 0 aromatic heterocycles. The molecule has 18 heavy (non-hydrogen) atoms. The third-order valence-electron chi connectivity index (χ3n) is 4.06. The molecule has 0 amide bonds. The fourth-order valence-electron chi connectivity index (χ4n) is 2.71. The van der Waals surface area contributed by atoms with Gasteiger partial charge < -0.3 is 10.1 Å². The van der Waals surface area contributed by atoms with Crippen LogP contribution in [0.5, 0.6) is 5.75 Å². The molecule has 0 bridgehead atoms.